The van der Waals surface area contributed by atoms with Gasteiger partial charge in [0.05, 0.1) is 5.02 Å². The first kappa shape index (κ1) is 15.3. The molecule has 4 saturated carbocycles. The van der Waals surface area contributed by atoms with E-state index >= 15 is 0 Å². The summed E-state index contributed by atoms with van der Waals surface area (Å²) in [7, 11) is 0. The first-order valence-corrected chi connectivity index (χ1v) is 8.83. The summed E-state index contributed by atoms with van der Waals surface area (Å²) in [6, 6.07) is 4.22. The smallest absolute Gasteiger partial charge is 0.258 e. The zero-order chi connectivity index (χ0) is 16.0. The average molecular weight is 338 g/mol. The van der Waals surface area contributed by atoms with Gasteiger partial charge in [-0.15, -0.1) is 0 Å². The second-order valence-corrected chi connectivity index (χ2v) is 7.79. The number of carbonyl (C=O) groups is 1. The summed E-state index contributed by atoms with van der Waals surface area (Å²) in [5.41, 5.74) is 0. The highest BCUT2D eigenvalue weighted by Gasteiger charge is 2.48. The van der Waals surface area contributed by atoms with Gasteiger partial charge in [0.25, 0.3) is 5.91 Å². The van der Waals surface area contributed by atoms with Crippen molar-refractivity contribution in [1.82, 2.24) is 5.32 Å². The maximum absolute atomic E-state index is 13.0. The Morgan fingerprint density at radius 2 is 1.83 bits per heavy atom. The minimum atomic E-state index is -0.416. The Balaban J connectivity index is 1.33. The summed E-state index contributed by atoms with van der Waals surface area (Å²) < 4.78 is 18.4. The topological polar surface area (TPSA) is 38.3 Å². The van der Waals surface area contributed by atoms with Crippen molar-refractivity contribution in [1.29, 1.82) is 0 Å². The van der Waals surface area contributed by atoms with Gasteiger partial charge in [0.2, 0.25) is 0 Å². The molecule has 0 spiro atoms. The highest BCUT2D eigenvalue weighted by molar-refractivity contribution is 6.32. The van der Waals surface area contributed by atoms with E-state index in [1.165, 1.54) is 50.3 Å². The molecule has 0 unspecified atom stereocenters. The van der Waals surface area contributed by atoms with E-state index in [1.54, 1.807) is 0 Å². The number of ether oxygens (including phenoxy) is 1. The van der Waals surface area contributed by atoms with E-state index in [-0.39, 0.29) is 17.5 Å². The molecule has 5 rings (SSSR count). The van der Waals surface area contributed by atoms with Gasteiger partial charge in [-0.2, -0.15) is 0 Å². The zero-order valence-corrected chi connectivity index (χ0v) is 13.7. The standard InChI is InChI=1S/C18H21ClFNO2/c19-15-8-14(20)1-2-16(15)23-9-17(22)21-18-12-4-10-3-11(6-12)7-13(18)5-10/h1-2,8,10-13,18H,3-7,9H2,(H,21,22). The van der Waals surface area contributed by atoms with Crippen LogP contribution in [-0.2, 0) is 4.79 Å². The monoisotopic (exact) mass is 337 g/mol. The molecular weight excluding hydrogens is 317 g/mol. The Morgan fingerprint density at radius 3 is 2.43 bits per heavy atom. The van der Waals surface area contributed by atoms with E-state index in [2.05, 4.69) is 5.32 Å². The molecule has 4 aliphatic carbocycles. The summed E-state index contributed by atoms with van der Waals surface area (Å²) >= 11 is 5.91. The van der Waals surface area contributed by atoms with Gasteiger partial charge in [0, 0.05) is 6.04 Å². The van der Waals surface area contributed by atoms with Gasteiger partial charge in [-0.3, -0.25) is 4.79 Å². The molecule has 4 aliphatic rings. The molecule has 0 radical (unpaired) electrons. The van der Waals surface area contributed by atoms with Crippen LogP contribution in [-0.4, -0.2) is 18.6 Å². The number of hydrogen-bond donors (Lipinski definition) is 1. The third kappa shape index (κ3) is 3.06. The van der Waals surface area contributed by atoms with Crippen molar-refractivity contribution in [2.45, 2.75) is 38.1 Å². The molecule has 0 aromatic heterocycles. The minimum Gasteiger partial charge on any atom is -0.482 e. The molecule has 23 heavy (non-hydrogen) atoms. The third-order valence-corrected chi connectivity index (χ3v) is 6.10. The molecule has 1 N–H and O–H groups in total. The van der Waals surface area contributed by atoms with Crippen molar-refractivity contribution in [2.75, 3.05) is 6.61 Å². The lowest BCUT2D eigenvalue weighted by Crippen LogP contribution is -2.56. The maximum Gasteiger partial charge on any atom is 0.258 e. The zero-order valence-electron chi connectivity index (χ0n) is 12.9. The fraction of sp³-hybridized carbons (Fsp3) is 0.611. The lowest BCUT2D eigenvalue weighted by atomic mass is 9.54. The number of carbonyl (C=O) groups excluding carboxylic acids is 1. The van der Waals surface area contributed by atoms with Gasteiger partial charge in [-0.1, -0.05) is 11.6 Å². The van der Waals surface area contributed by atoms with E-state index in [4.69, 9.17) is 16.3 Å². The number of rotatable bonds is 4. The largest absolute Gasteiger partial charge is 0.482 e. The molecule has 1 aromatic rings. The van der Waals surface area contributed by atoms with E-state index in [0.717, 1.165) is 11.8 Å². The maximum atomic E-state index is 13.0. The molecule has 1 amide bonds. The molecule has 4 fully saturated rings. The number of hydrogen-bond acceptors (Lipinski definition) is 2. The summed E-state index contributed by atoms with van der Waals surface area (Å²) in [5, 5.41) is 3.37. The predicted molar refractivity (Wildman–Crippen MR) is 85.9 cm³/mol. The van der Waals surface area contributed by atoms with Crippen LogP contribution in [0.4, 0.5) is 4.39 Å². The Hall–Kier alpha value is -1.29. The average Bonchev–Trinajstić information content (AvgIpc) is 2.49. The number of nitrogens with one attached hydrogen (secondary N) is 1. The first-order valence-electron chi connectivity index (χ1n) is 8.45. The number of amides is 1. The molecule has 0 heterocycles. The van der Waals surface area contributed by atoms with Gasteiger partial charge in [-0.25, -0.2) is 4.39 Å². The van der Waals surface area contributed by atoms with Gasteiger partial charge in [0.15, 0.2) is 6.61 Å². The Bertz CT molecular complexity index is 593. The second kappa shape index (κ2) is 5.97. The first-order chi connectivity index (χ1) is 11.1. The van der Waals surface area contributed by atoms with Gasteiger partial charge in [-0.05, 0) is 74.0 Å². The molecule has 5 heteroatoms. The molecule has 1 aromatic carbocycles. The Morgan fingerprint density at radius 1 is 1.17 bits per heavy atom. The fourth-order valence-corrected chi connectivity index (χ4v) is 5.35. The summed E-state index contributed by atoms with van der Waals surface area (Å²) in [5.74, 6) is 2.88. The molecule has 0 atom stereocenters. The SMILES string of the molecule is O=C(COc1ccc(F)cc1Cl)NC1C2CC3CC(C2)CC1C3. The summed E-state index contributed by atoms with van der Waals surface area (Å²) in [6.45, 7) is -0.0752. The van der Waals surface area contributed by atoms with Crippen LogP contribution in [0.3, 0.4) is 0 Å². The molecule has 0 saturated heterocycles. The van der Waals surface area contributed by atoms with Gasteiger partial charge < -0.3 is 10.1 Å². The molecular formula is C18H21ClFNO2. The predicted octanol–water partition coefficient (Wildman–Crippen LogP) is 3.80. The lowest BCUT2D eigenvalue weighted by Gasteiger charge is -2.54. The van der Waals surface area contributed by atoms with Crippen LogP contribution in [0.15, 0.2) is 18.2 Å². The fourth-order valence-electron chi connectivity index (χ4n) is 5.12. The highest BCUT2D eigenvalue weighted by atomic mass is 35.5. The van der Waals surface area contributed by atoms with Crippen LogP contribution in [0, 0.1) is 29.5 Å². The van der Waals surface area contributed by atoms with E-state index < -0.39 is 5.82 Å². The molecule has 4 bridgehead atoms. The second-order valence-electron chi connectivity index (χ2n) is 7.39. The van der Waals surface area contributed by atoms with Crippen molar-refractivity contribution < 1.29 is 13.9 Å². The lowest BCUT2D eigenvalue weighted by molar-refractivity contribution is -0.127. The quantitative estimate of drug-likeness (QED) is 0.907. The molecule has 0 aliphatic heterocycles. The van der Waals surface area contributed by atoms with Crippen molar-refractivity contribution in [3.8, 4) is 5.75 Å². The van der Waals surface area contributed by atoms with Crippen molar-refractivity contribution in [3.63, 3.8) is 0 Å². The Kier molecular flexibility index (Phi) is 3.96. The molecule has 3 nitrogen and oxygen atoms in total. The van der Waals surface area contributed by atoms with Gasteiger partial charge in [0.1, 0.15) is 11.6 Å². The number of halogens is 2. The normalized spacial score (nSPS) is 34.4. The van der Waals surface area contributed by atoms with E-state index in [1.807, 2.05) is 0 Å². The van der Waals surface area contributed by atoms with Crippen molar-refractivity contribution >= 4 is 17.5 Å². The highest BCUT2D eigenvalue weighted by Crippen LogP contribution is 2.53. The summed E-state index contributed by atoms with van der Waals surface area (Å²) in [6.07, 6.45) is 6.47. The van der Waals surface area contributed by atoms with Gasteiger partial charge >= 0.3 is 0 Å². The van der Waals surface area contributed by atoms with Crippen LogP contribution < -0.4 is 10.1 Å². The summed E-state index contributed by atoms with van der Waals surface area (Å²) in [4.78, 5) is 12.2. The van der Waals surface area contributed by atoms with Crippen LogP contribution in [0.25, 0.3) is 0 Å². The van der Waals surface area contributed by atoms with Crippen molar-refractivity contribution in [2.24, 2.45) is 23.7 Å². The third-order valence-electron chi connectivity index (χ3n) is 5.81. The minimum absolute atomic E-state index is 0.0752. The van der Waals surface area contributed by atoms with Crippen LogP contribution in [0.2, 0.25) is 5.02 Å². The van der Waals surface area contributed by atoms with Crippen LogP contribution >= 0.6 is 11.6 Å². The van der Waals surface area contributed by atoms with E-state index in [9.17, 15) is 9.18 Å². The van der Waals surface area contributed by atoms with E-state index in [0.29, 0.717) is 23.6 Å². The van der Waals surface area contributed by atoms with Crippen LogP contribution in [0.5, 0.6) is 5.75 Å². The number of benzene rings is 1. The molecule has 124 valence electrons. The Labute approximate surface area is 140 Å². The van der Waals surface area contributed by atoms with Crippen LogP contribution in [0.1, 0.15) is 32.1 Å². The van der Waals surface area contributed by atoms with Crippen molar-refractivity contribution in [3.05, 3.63) is 29.0 Å².